The summed E-state index contributed by atoms with van der Waals surface area (Å²) in [6.07, 6.45) is 3.68. The number of aromatic nitrogens is 2. The number of rotatable bonds is 5. The van der Waals surface area contributed by atoms with E-state index < -0.39 is 6.10 Å². The van der Waals surface area contributed by atoms with Crippen molar-refractivity contribution in [1.82, 2.24) is 15.1 Å². The Morgan fingerprint density at radius 1 is 1.43 bits per heavy atom. The first-order chi connectivity index (χ1) is 11.2. The summed E-state index contributed by atoms with van der Waals surface area (Å²) in [6, 6.07) is 9.40. The van der Waals surface area contributed by atoms with Gasteiger partial charge >= 0.3 is 0 Å². The predicted molar refractivity (Wildman–Crippen MR) is 84.6 cm³/mol. The van der Waals surface area contributed by atoms with Crippen LogP contribution in [-0.2, 0) is 21.3 Å². The van der Waals surface area contributed by atoms with Crippen molar-refractivity contribution in [2.75, 3.05) is 13.7 Å². The second kappa shape index (κ2) is 6.93. The van der Waals surface area contributed by atoms with Crippen molar-refractivity contribution >= 4 is 5.91 Å². The van der Waals surface area contributed by atoms with Gasteiger partial charge in [-0.2, -0.15) is 5.10 Å². The third-order valence-electron chi connectivity index (χ3n) is 4.05. The Bertz CT molecular complexity index is 656. The first-order valence-electron chi connectivity index (χ1n) is 7.67. The summed E-state index contributed by atoms with van der Waals surface area (Å²) >= 11 is 0. The lowest BCUT2D eigenvalue weighted by Gasteiger charge is -2.22. The molecule has 1 aromatic heterocycles. The first kappa shape index (κ1) is 15.7. The monoisotopic (exact) mass is 315 g/mol. The van der Waals surface area contributed by atoms with E-state index in [1.165, 1.54) is 0 Å². The largest absolute Gasteiger partial charge is 0.371 e. The molecular formula is C17H21N3O3. The maximum atomic E-state index is 12.6. The average molecular weight is 315 g/mol. The summed E-state index contributed by atoms with van der Waals surface area (Å²) in [5.74, 6) is -0.150. The van der Waals surface area contributed by atoms with Gasteiger partial charge in [0.25, 0.3) is 5.91 Å². The molecule has 1 amide bonds. The number of methoxy groups -OCH3 is 1. The molecule has 6 nitrogen and oxygen atoms in total. The summed E-state index contributed by atoms with van der Waals surface area (Å²) in [7, 11) is 3.41. The van der Waals surface area contributed by atoms with Crippen LogP contribution in [0.25, 0.3) is 0 Å². The Morgan fingerprint density at radius 3 is 2.87 bits per heavy atom. The van der Waals surface area contributed by atoms with Crippen molar-refractivity contribution in [1.29, 1.82) is 0 Å². The van der Waals surface area contributed by atoms with Crippen molar-refractivity contribution in [3.63, 3.8) is 0 Å². The highest BCUT2D eigenvalue weighted by atomic mass is 16.5. The Balaban J connectivity index is 1.71. The third kappa shape index (κ3) is 3.43. The number of amides is 1. The van der Waals surface area contributed by atoms with Crippen LogP contribution < -0.4 is 5.32 Å². The molecule has 3 rings (SSSR count). The van der Waals surface area contributed by atoms with Crippen LogP contribution in [-0.4, -0.2) is 35.4 Å². The van der Waals surface area contributed by atoms with E-state index in [1.807, 2.05) is 43.6 Å². The van der Waals surface area contributed by atoms with Crippen molar-refractivity contribution in [3.8, 4) is 0 Å². The SMILES string of the molecule is CO[C@H](C(=O)N[C@H]1CCO[C@@H]1c1cnn(C)c1)c1ccccc1. The molecule has 2 aromatic rings. The molecule has 1 fully saturated rings. The molecule has 2 heterocycles. The molecule has 122 valence electrons. The number of carbonyl (C=O) groups excluding carboxylic acids is 1. The number of nitrogens with zero attached hydrogens (tertiary/aromatic N) is 2. The summed E-state index contributed by atoms with van der Waals surface area (Å²) in [5.41, 5.74) is 1.81. The van der Waals surface area contributed by atoms with E-state index in [2.05, 4.69) is 10.4 Å². The van der Waals surface area contributed by atoms with Gasteiger partial charge in [-0.05, 0) is 12.0 Å². The summed E-state index contributed by atoms with van der Waals surface area (Å²) < 4.78 is 12.9. The van der Waals surface area contributed by atoms with Crippen LogP contribution in [0.5, 0.6) is 0 Å². The number of carbonyl (C=O) groups is 1. The molecule has 1 aliphatic heterocycles. The lowest BCUT2D eigenvalue weighted by Crippen LogP contribution is -2.40. The van der Waals surface area contributed by atoms with E-state index in [4.69, 9.17) is 9.47 Å². The summed E-state index contributed by atoms with van der Waals surface area (Å²) in [4.78, 5) is 12.6. The minimum atomic E-state index is -0.619. The number of ether oxygens (including phenoxy) is 2. The maximum absolute atomic E-state index is 12.6. The van der Waals surface area contributed by atoms with Gasteiger partial charge in [0, 0.05) is 32.5 Å². The second-order valence-corrected chi connectivity index (χ2v) is 5.67. The number of benzene rings is 1. The van der Waals surface area contributed by atoms with Gasteiger partial charge in [-0.25, -0.2) is 0 Å². The van der Waals surface area contributed by atoms with Gasteiger partial charge in [-0.15, -0.1) is 0 Å². The minimum Gasteiger partial charge on any atom is -0.371 e. The molecule has 23 heavy (non-hydrogen) atoms. The molecular weight excluding hydrogens is 294 g/mol. The molecule has 1 aliphatic rings. The van der Waals surface area contributed by atoms with Crippen LogP contribution in [0.2, 0.25) is 0 Å². The van der Waals surface area contributed by atoms with Gasteiger partial charge in [0.2, 0.25) is 0 Å². The predicted octanol–water partition coefficient (Wildman–Crippen LogP) is 1.75. The fraction of sp³-hybridized carbons (Fsp3) is 0.412. The van der Waals surface area contributed by atoms with E-state index in [-0.39, 0.29) is 18.1 Å². The molecule has 0 spiro atoms. The lowest BCUT2D eigenvalue weighted by molar-refractivity contribution is -0.132. The number of aryl methyl sites for hydroxylation is 1. The number of hydrogen-bond acceptors (Lipinski definition) is 4. The zero-order chi connectivity index (χ0) is 16.2. The molecule has 1 N–H and O–H groups in total. The molecule has 0 saturated carbocycles. The summed E-state index contributed by atoms with van der Waals surface area (Å²) in [6.45, 7) is 0.619. The average Bonchev–Trinajstić information content (AvgIpc) is 3.18. The Morgan fingerprint density at radius 2 is 2.22 bits per heavy atom. The van der Waals surface area contributed by atoms with Gasteiger partial charge in [0.1, 0.15) is 6.10 Å². The van der Waals surface area contributed by atoms with Crippen molar-refractivity contribution in [3.05, 3.63) is 53.9 Å². The van der Waals surface area contributed by atoms with Gasteiger partial charge in [0.05, 0.1) is 12.2 Å². The van der Waals surface area contributed by atoms with Crippen molar-refractivity contribution in [2.45, 2.75) is 24.7 Å². The highest BCUT2D eigenvalue weighted by Gasteiger charge is 2.33. The van der Waals surface area contributed by atoms with Crippen LogP contribution in [0.15, 0.2) is 42.7 Å². The van der Waals surface area contributed by atoms with E-state index in [1.54, 1.807) is 18.0 Å². The zero-order valence-corrected chi connectivity index (χ0v) is 13.3. The smallest absolute Gasteiger partial charge is 0.254 e. The maximum Gasteiger partial charge on any atom is 0.254 e. The topological polar surface area (TPSA) is 65.4 Å². The van der Waals surface area contributed by atoms with Crippen molar-refractivity contribution < 1.29 is 14.3 Å². The Kier molecular flexibility index (Phi) is 4.73. The normalized spacial score (nSPS) is 22.0. The number of nitrogens with one attached hydrogen (secondary N) is 1. The molecule has 0 radical (unpaired) electrons. The van der Waals surface area contributed by atoms with Crippen LogP contribution in [0.4, 0.5) is 0 Å². The fourth-order valence-electron chi connectivity index (χ4n) is 2.93. The number of hydrogen-bond donors (Lipinski definition) is 1. The quantitative estimate of drug-likeness (QED) is 0.913. The minimum absolute atomic E-state index is 0.0759. The molecule has 0 unspecified atom stereocenters. The molecule has 3 atom stereocenters. The summed E-state index contributed by atoms with van der Waals surface area (Å²) in [5, 5.41) is 7.23. The van der Waals surface area contributed by atoms with Crippen LogP contribution in [0, 0.1) is 0 Å². The highest BCUT2D eigenvalue weighted by molar-refractivity contribution is 5.82. The van der Waals surface area contributed by atoms with Crippen LogP contribution in [0.1, 0.15) is 29.8 Å². The fourth-order valence-corrected chi connectivity index (χ4v) is 2.93. The second-order valence-electron chi connectivity index (χ2n) is 5.67. The van der Waals surface area contributed by atoms with Gasteiger partial charge in [-0.3, -0.25) is 9.48 Å². The molecule has 1 saturated heterocycles. The molecule has 0 aliphatic carbocycles. The zero-order valence-electron chi connectivity index (χ0n) is 13.3. The standard InChI is InChI=1S/C17H21N3O3/c1-20-11-13(10-18-20)15-14(8-9-23-15)19-17(21)16(22-2)12-6-4-3-5-7-12/h3-7,10-11,14-16H,8-9H2,1-2H3,(H,19,21)/t14-,15+,16-/m0/s1. The highest BCUT2D eigenvalue weighted by Crippen LogP contribution is 2.29. The van der Waals surface area contributed by atoms with Gasteiger partial charge in [-0.1, -0.05) is 30.3 Å². The van der Waals surface area contributed by atoms with Gasteiger partial charge < -0.3 is 14.8 Å². The molecule has 1 aromatic carbocycles. The first-order valence-corrected chi connectivity index (χ1v) is 7.67. The van der Waals surface area contributed by atoms with Crippen LogP contribution in [0.3, 0.4) is 0 Å². The lowest BCUT2D eigenvalue weighted by atomic mass is 10.0. The van der Waals surface area contributed by atoms with Crippen LogP contribution >= 0.6 is 0 Å². The van der Waals surface area contributed by atoms with E-state index in [9.17, 15) is 4.79 Å². The molecule has 0 bridgehead atoms. The third-order valence-corrected chi connectivity index (χ3v) is 4.05. The van der Waals surface area contributed by atoms with E-state index in [0.717, 1.165) is 17.5 Å². The Hall–Kier alpha value is -2.18. The van der Waals surface area contributed by atoms with Gasteiger partial charge in [0.15, 0.2) is 6.10 Å². The van der Waals surface area contributed by atoms with E-state index in [0.29, 0.717) is 6.61 Å². The van der Waals surface area contributed by atoms with E-state index >= 15 is 0 Å². The molecule has 6 heteroatoms. The Labute approximate surface area is 135 Å². The van der Waals surface area contributed by atoms with Crippen molar-refractivity contribution in [2.24, 2.45) is 7.05 Å².